The fourth-order valence-electron chi connectivity index (χ4n) is 1.86. The maximum Gasteiger partial charge on any atom is 0.416 e. The molecule has 0 aliphatic rings. The summed E-state index contributed by atoms with van der Waals surface area (Å²) in [5, 5.41) is 0. The summed E-state index contributed by atoms with van der Waals surface area (Å²) >= 11 is 3.17. The number of alkyl halides is 3. The number of amides is 1. The quantitative estimate of drug-likeness (QED) is 0.710. The first-order valence-electron chi connectivity index (χ1n) is 6.60. The molecular weight excluding hydrogens is 375 g/mol. The zero-order chi connectivity index (χ0) is 17.0. The van der Waals surface area contributed by atoms with Gasteiger partial charge in [0, 0.05) is 13.1 Å². The van der Waals surface area contributed by atoms with E-state index in [1.807, 2.05) is 0 Å². The Balaban J connectivity index is 2.03. The van der Waals surface area contributed by atoms with Crippen LogP contribution in [0.5, 0.6) is 0 Å². The molecule has 0 radical (unpaired) electrons. The van der Waals surface area contributed by atoms with Gasteiger partial charge in [-0.25, -0.2) is 0 Å². The lowest BCUT2D eigenvalue weighted by molar-refractivity contribution is -0.137. The van der Waals surface area contributed by atoms with Crippen LogP contribution in [-0.4, -0.2) is 17.9 Å². The number of hydrogen-bond acceptors (Lipinski definition) is 2. The van der Waals surface area contributed by atoms with Crippen molar-refractivity contribution < 1.29 is 22.4 Å². The van der Waals surface area contributed by atoms with Crippen LogP contribution >= 0.6 is 15.9 Å². The van der Waals surface area contributed by atoms with E-state index in [9.17, 15) is 18.0 Å². The Hall–Kier alpha value is -2.02. The molecule has 122 valence electrons. The van der Waals surface area contributed by atoms with E-state index in [1.54, 1.807) is 19.2 Å². The van der Waals surface area contributed by atoms with E-state index in [-0.39, 0.29) is 12.5 Å². The molecule has 7 heteroatoms. The lowest BCUT2D eigenvalue weighted by Crippen LogP contribution is -2.23. The zero-order valence-corrected chi connectivity index (χ0v) is 13.7. The number of hydrogen-bond donors (Lipinski definition) is 0. The molecule has 2 aromatic rings. The Morgan fingerprint density at radius 2 is 2.04 bits per heavy atom. The fraction of sp³-hybridized carbons (Fsp3) is 0.188. The highest BCUT2D eigenvalue weighted by molar-refractivity contribution is 9.10. The van der Waals surface area contributed by atoms with Crippen LogP contribution in [0.25, 0.3) is 6.08 Å². The molecule has 0 fully saturated rings. The van der Waals surface area contributed by atoms with Gasteiger partial charge in [-0.05, 0) is 51.8 Å². The lowest BCUT2D eigenvalue weighted by atomic mass is 10.1. The minimum absolute atomic E-state index is 0.261. The Kier molecular flexibility index (Phi) is 5.30. The first-order chi connectivity index (χ1) is 10.8. The Labute approximate surface area is 139 Å². The second-order valence-corrected chi connectivity index (χ2v) is 5.64. The van der Waals surface area contributed by atoms with E-state index in [1.165, 1.54) is 29.2 Å². The number of carbonyl (C=O) groups is 1. The van der Waals surface area contributed by atoms with Crippen molar-refractivity contribution in [2.24, 2.45) is 0 Å². The van der Waals surface area contributed by atoms with Gasteiger partial charge >= 0.3 is 6.18 Å². The number of rotatable bonds is 4. The predicted molar refractivity (Wildman–Crippen MR) is 83.4 cm³/mol. The Morgan fingerprint density at radius 3 is 2.65 bits per heavy atom. The molecule has 0 aliphatic carbocycles. The van der Waals surface area contributed by atoms with Crippen molar-refractivity contribution in [3.8, 4) is 0 Å². The third kappa shape index (κ3) is 4.99. The van der Waals surface area contributed by atoms with Gasteiger partial charge in [-0.1, -0.05) is 12.1 Å². The molecule has 0 saturated carbocycles. The monoisotopic (exact) mass is 387 g/mol. The number of halogens is 4. The third-order valence-corrected chi connectivity index (χ3v) is 3.46. The molecule has 1 aromatic carbocycles. The molecule has 1 aromatic heterocycles. The van der Waals surface area contributed by atoms with Gasteiger partial charge in [0.1, 0.15) is 5.76 Å². The van der Waals surface area contributed by atoms with E-state index in [0.717, 1.165) is 12.1 Å². The SMILES string of the molecule is CN(Cc1ccc(Br)o1)C(=O)/C=C/c1cccc(C(F)(F)F)c1. The molecule has 2 rings (SSSR count). The second kappa shape index (κ2) is 7.04. The molecule has 0 atom stereocenters. The van der Waals surface area contributed by atoms with Gasteiger partial charge in [-0.2, -0.15) is 13.2 Å². The topological polar surface area (TPSA) is 33.5 Å². The summed E-state index contributed by atoms with van der Waals surface area (Å²) in [6.07, 6.45) is -1.82. The van der Waals surface area contributed by atoms with Crippen molar-refractivity contribution in [2.45, 2.75) is 12.7 Å². The average Bonchev–Trinajstić information content (AvgIpc) is 2.89. The number of benzene rings is 1. The highest BCUT2D eigenvalue weighted by Crippen LogP contribution is 2.29. The van der Waals surface area contributed by atoms with Crippen LogP contribution in [0.1, 0.15) is 16.9 Å². The molecule has 0 aliphatic heterocycles. The molecule has 0 bridgehead atoms. The van der Waals surface area contributed by atoms with Crippen LogP contribution in [0, 0.1) is 0 Å². The summed E-state index contributed by atoms with van der Waals surface area (Å²) in [6, 6.07) is 8.23. The molecule has 23 heavy (non-hydrogen) atoms. The molecule has 1 amide bonds. The highest BCUT2D eigenvalue weighted by Gasteiger charge is 2.30. The van der Waals surface area contributed by atoms with Gasteiger partial charge in [-0.3, -0.25) is 4.79 Å². The second-order valence-electron chi connectivity index (χ2n) is 4.86. The third-order valence-electron chi connectivity index (χ3n) is 3.03. The van der Waals surface area contributed by atoms with Crippen molar-refractivity contribution in [3.63, 3.8) is 0 Å². The highest BCUT2D eigenvalue weighted by atomic mass is 79.9. The lowest BCUT2D eigenvalue weighted by Gasteiger charge is -2.13. The molecular formula is C16H13BrF3NO2. The van der Waals surface area contributed by atoms with Crippen LogP contribution in [0.15, 0.2) is 51.6 Å². The first-order valence-corrected chi connectivity index (χ1v) is 7.39. The maximum absolute atomic E-state index is 12.6. The summed E-state index contributed by atoms with van der Waals surface area (Å²) in [6.45, 7) is 0.261. The Bertz CT molecular complexity index is 722. The summed E-state index contributed by atoms with van der Waals surface area (Å²) in [7, 11) is 1.58. The molecule has 1 heterocycles. The number of carbonyl (C=O) groups excluding carboxylic acids is 1. The van der Waals surface area contributed by atoms with Crippen molar-refractivity contribution in [1.82, 2.24) is 4.90 Å². The minimum atomic E-state index is -4.41. The minimum Gasteiger partial charge on any atom is -0.452 e. The van der Waals surface area contributed by atoms with Gasteiger partial charge in [0.25, 0.3) is 0 Å². The van der Waals surface area contributed by atoms with Crippen molar-refractivity contribution >= 4 is 27.9 Å². The van der Waals surface area contributed by atoms with Gasteiger partial charge in [-0.15, -0.1) is 0 Å². The number of furan rings is 1. The van der Waals surface area contributed by atoms with Crippen LogP contribution in [0.4, 0.5) is 13.2 Å². The maximum atomic E-state index is 12.6. The van der Waals surface area contributed by atoms with E-state index in [2.05, 4.69) is 15.9 Å². The van der Waals surface area contributed by atoms with Gasteiger partial charge in [0.15, 0.2) is 4.67 Å². The standard InChI is InChI=1S/C16H13BrF3NO2/c1-21(10-13-6-7-14(17)23-13)15(22)8-5-11-3-2-4-12(9-11)16(18,19)20/h2-9H,10H2,1H3/b8-5+. The van der Waals surface area contributed by atoms with Crippen molar-refractivity contribution in [2.75, 3.05) is 7.05 Å². The van der Waals surface area contributed by atoms with E-state index in [4.69, 9.17) is 4.42 Å². The molecule has 0 spiro atoms. The van der Waals surface area contributed by atoms with E-state index < -0.39 is 11.7 Å². The first kappa shape index (κ1) is 17.3. The molecule has 0 N–H and O–H groups in total. The largest absolute Gasteiger partial charge is 0.452 e. The summed E-state index contributed by atoms with van der Waals surface area (Å²) in [5.41, 5.74) is -0.441. The summed E-state index contributed by atoms with van der Waals surface area (Å²) < 4.78 is 43.7. The van der Waals surface area contributed by atoms with Crippen molar-refractivity contribution in [1.29, 1.82) is 0 Å². The summed E-state index contributed by atoms with van der Waals surface area (Å²) in [4.78, 5) is 13.4. The fourth-order valence-corrected chi connectivity index (χ4v) is 2.20. The number of nitrogens with zero attached hydrogens (tertiary/aromatic N) is 1. The Morgan fingerprint density at radius 1 is 1.30 bits per heavy atom. The van der Waals surface area contributed by atoms with Crippen LogP contribution < -0.4 is 0 Å². The van der Waals surface area contributed by atoms with Crippen LogP contribution in [0.2, 0.25) is 0 Å². The van der Waals surface area contributed by atoms with Crippen LogP contribution in [0.3, 0.4) is 0 Å². The van der Waals surface area contributed by atoms with Gasteiger partial charge < -0.3 is 9.32 Å². The average molecular weight is 388 g/mol. The molecule has 3 nitrogen and oxygen atoms in total. The smallest absolute Gasteiger partial charge is 0.416 e. The van der Waals surface area contributed by atoms with E-state index in [0.29, 0.717) is 16.0 Å². The van der Waals surface area contributed by atoms with Crippen molar-refractivity contribution in [3.05, 3.63) is 64.0 Å². The van der Waals surface area contributed by atoms with Gasteiger partial charge in [0.2, 0.25) is 5.91 Å². The molecule has 0 unspecified atom stereocenters. The number of likely N-dealkylation sites (N-methyl/N-ethyl adjacent to an activating group) is 1. The van der Waals surface area contributed by atoms with E-state index >= 15 is 0 Å². The predicted octanol–water partition coefficient (Wildman–Crippen LogP) is 4.73. The zero-order valence-electron chi connectivity index (χ0n) is 12.1. The normalized spacial score (nSPS) is 11.9. The summed E-state index contributed by atoms with van der Waals surface area (Å²) in [5.74, 6) is 0.259. The molecule has 0 saturated heterocycles. The van der Waals surface area contributed by atoms with Crippen LogP contribution in [-0.2, 0) is 17.5 Å². The van der Waals surface area contributed by atoms with Gasteiger partial charge in [0.05, 0.1) is 12.1 Å².